The number of fused-ring (bicyclic) bond motifs is 4. The number of likely N-dealkylation sites (tertiary alicyclic amines) is 2. The zero-order valence-electron chi connectivity index (χ0n) is 32.9. The third-order valence-electron chi connectivity index (χ3n) is 13.4. The second kappa shape index (κ2) is 15.9. The molecular formula is C46H43BrCl2N4O7. The van der Waals surface area contributed by atoms with E-state index >= 15 is 9.59 Å². The second-order valence-corrected chi connectivity index (χ2v) is 18.1. The Morgan fingerprint density at radius 3 is 2.28 bits per heavy atom. The minimum atomic E-state index is -1.65. The molecule has 2 N–H and O–H groups in total. The van der Waals surface area contributed by atoms with Crippen LogP contribution in [0.15, 0.2) is 101 Å². The number of methoxy groups -OCH3 is 2. The summed E-state index contributed by atoms with van der Waals surface area (Å²) >= 11 is 16.4. The summed E-state index contributed by atoms with van der Waals surface area (Å²) < 4.78 is 11.7. The Bertz CT molecular complexity index is 2430. The summed E-state index contributed by atoms with van der Waals surface area (Å²) in [6.07, 6.45) is 3.66. The van der Waals surface area contributed by atoms with Gasteiger partial charge in [0.25, 0.3) is 11.8 Å². The molecule has 4 aromatic rings. The smallest absolute Gasteiger partial charge is 0.260 e. The lowest BCUT2D eigenvalue weighted by atomic mass is 9.49. The molecule has 3 aliphatic heterocycles. The van der Waals surface area contributed by atoms with Crippen molar-refractivity contribution in [2.24, 2.45) is 23.7 Å². The number of amides is 4. The lowest BCUT2D eigenvalue weighted by Crippen LogP contribution is -2.53. The summed E-state index contributed by atoms with van der Waals surface area (Å²) in [6.45, 7) is 2.29. The molecule has 2 aliphatic carbocycles. The van der Waals surface area contributed by atoms with Crippen LogP contribution in [-0.4, -0.2) is 76.9 Å². The minimum Gasteiger partial charge on any atom is -0.504 e. The normalized spacial score (nSPS) is 26.8. The SMILES string of the molecule is COc1ccc([C@@]23C(=O)N(Nc4ccc(Cl)cc4Cl)C(=O)[C@@H]2C[C@@H]2C(=CC[C@@H]4C(=O)N(C5CCN(Cc6ccccc6)CC5)C(=O)[C@@H]42)[C@@H]3c2cc(Br)cc(OC)c2O)cc1. The number of carbonyl (C=O) groups is 4. The Balaban J connectivity index is 1.15. The quantitative estimate of drug-likeness (QED) is 0.126. The zero-order valence-corrected chi connectivity index (χ0v) is 36.0. The molecule has 3 heterocycles. The Hall–Kier alpha value is -4.88. The molecule has 310 valence electrons. The van der Waals surface area contributed by atoms with Crippen molar-refractivity contribution in [1.29, 1.82) is 0 Å². The predicted octanol–water partition coefficient (Wildman–Crippen LogP) is 8.13. The Morgan fingerprint density at radius 1 is 0.867 bits per heavy atom. The number of anilines is 1. The van der Waals surface area contributed by atoms with E-state index in [-0.39, 0.29) is 52.9 Å². The number of phenolic OH excluding ortho intramolecular Hbond substituents is 1. The number of nitrogens with zero attached hydrogens (tertiary/aromatic N) is 3. The van der Waals surface area contributed by atoms with Crippen LogP contribution >= 0.6 is 39.1 Å². The molecule has 0 bridgehead atoms. The van der Waals surface area contributed by atoms with Crippen LogP contribution in [0.25, 0.3) is 0 Å². The van der Waals surface area contributed by atoms with Gasteiger partial charge in [-0.3, -0.25) is 34.4 Å². The first-order valence-corrected chi connectivity index (χ1v) is 21.6. The van der Waals surface area contributed by atoms with Crippen LogP contribution in [0.2, 0.25) is 10.0 Å². The van der Waals surface area contributed by atoms with Gasteiger partial charge in [0.2, 0.25) is 11.8 Å². The van der Waals surface area contributed by atoms with Crippen molar-refractivity contribution in [2.75, 3.05) is 32.7 Å². The van der Waals surface area contributed by atoms with Gasteiger partial charge in [0.1, 0.15) is 5.75 Å². The third kappa shape index (κ3) is 6.49. The number of phenols is 1. The lowest BCUT2D eigenvalue weighted by molar-refractivity contribution is -0.144. The molecule has 0 aromatic heterocycles. The molecule has 9 rings (SSSR count). The number of ether oxygens (including phenoxy) is 2. The van der Waals surface area contributed by atoms with Gasteiger partial charge < -0.3 is 14.6 Å². The molecule has 3 saturated heterocycles. The number of allylic oxidation sites excluding steroid dienone is 2. The van der Waals surface area contributed by atoms with Gasteiger partial charge in [-0.2, -0.15) is 5.01 Å². The Kier molecular flexibility index (Phi) is 10.7. The second-order valence-electron chi connectivity index (χ2n) is 16.3. The van der Waals surface area contributed by atoms with Gasteiger partial charge in [-0.15, -0.1) is 0 Å². The van der Waals surface area contributed by atoms with Crippen LogP contribution in [0.5, 0.6) is 17.2 Å². The van der Waals surface area contributed by atoms with Gasteiger partial charge in [-0.1, -0.05) is 93.2 Å². The number of piperidine rings is 1. The summed E-state index contributed by atoms with van der Waals surface area (Å²) in [5.74, 6) is -5.06. The summed E-state index contributed by atoms with van der Waals surface area (Å²) in [5.41, 5.74) is 4.43. The van der Waals surface area contributed by atoms with Crippen molar-refractivity contribution in [3.8, 4) is 17.2 Å². The molecule has 14 heteroatoms. The number of hydrogen-bond donors (Lipinski definition) is 2. The molecular weight excluding hydrogens is 871 g/mol. The predicted molar refractivity (Wildman–Crippen MR) is 230 cm³/mol. The van der Waals surface area contributed by atoms with Crippen molar-refractivity contribution >= 4 is 68.4 Å². The molecule has 5 aliphatic rings. The van der Waals surface area contributed by atoms with E-state index < -0.39 is 46.8 Å². The summed E-state index contributed by atoms with van der Waals surface area (Å²) in [6, 6.07) is 25.1. The monoisotopic (exact) mass is 912 g/mol. The van der Waals surface area contributed by atoms with Crippen LogP contribution in [0.4, 0.5) is 5.69 Å². The van der Waals surface area contributed by atoms with Gasteiger partial charge in [0.05, 0.1) is 48.1 Å². The van der Waals surface area contributed by atoms with Crippen LogP contribution in [0.3, 0.4) is 0 Å². The van der Waals surface area contributed by atoms with Crippen molar-refractivity contribution in [3.05, 3.63) is 128 Å². The van der Waals surface area contributed by atoms with Gasteiger partial charge in [-0.05, 0) is 85.2 Å². The summed E-state index contributed by atoms with van der Waals surface area (Å²) in [4.78, 5) is 64.0. The van der Waals surface area contributed by atoms with E-state index in [1.807, 2.05) is 24.3 Å². The van der Waals surface area contributed by atoms with Gasteiger partial charge in [0.15, 0.2) is 11.5 Å². The molecule has 4 fully saturated rings. The largest absolute Gasteiger partial charge is 0.504 e. The highest BCUT2D eigenvalue weighted by Crippen LogP contribution is 2.65. The standard InChI is InChI=1S/C46H43BrCl2N4O7/c1-59-30-11-8-26(9-12-30)46-35(43(56)53(45(46)58)50-37-15-10-28(48)22-36(37)49)23-33-31(40(46)34-20-27(47)21-38(60-2)41(34)54)13-14-32-39(33)44(57)52(42(32)55)29-16-18-51(19-17-29)24-25-6-4-3-5-7-25/h3-13,15,20-22,29,32-33,35,39-40,50,54H,14,16-19,23-24H2,1-2H3/t32-,33+,35-,39-,40+,46+/m0/s1. The average molecular weight is 915 g/mol. The number of hydrogen-bond acceptors (Lipinski definition) is 9. The van der Waals surface area contributed by atoms with E-state index in [1.54, 1.807) is 55.6 Å². The van der Waals surface area contributed by atoms with Gasteiger partial charge >= 0.3 is 0 Å². The van der Waals surface area contributed by atoms with Crippen LogP contribution in [0, 0.1) is 23.7 Å². The molecule has 4 amide bonds. The number of aromatic hydroxyl groups is 1. The van der Waals surface area contributed by atoms with E-state index in [4.69, 9.17) is 32.7 Å². The fraction of sp³-hybridized carbons (Fsp3) is 0.348. The first-order valence-electron chi connectivity index (χ1n) is 20.1. The number of carbonyl (C=O) groups excluding carboxylic acids is 4. The zero-order chi connectivity index (χ0) is 42.0. The van der Waals surface area contributed by atoms with Crippen molar-refractivity contribution in [3.63, 3.8) is 0 Å². The Morgan fingerprint density at radius 2 is 1.60 bits per heavy atom. The van der Waals surface area contributed by atoms with Crippen LogP contribution < -0.4 is 14.9 Å². The minimum absolute atomic E-state index is 0.0981. The van der Waals surface area contributed by atoms with Gasteiger partial charge in [0, 0.05) is 46.7 Å². The van der Waals surface area contributed by atoms with Crippen LogP contribution in [-0.2, 0) is 31.1 Å². The van der Waals surface area contributed by atoms with Crippen LogP contribution in [0.1, 0.15) is 48.3 Å². The first kappa shape index (κ1) is 40.5. The fourth-order valence-corrected chi connectivity index (χ4v) is 11.6. The molecule has 4 aromatic carbocycles. The van der Waals surface area contributed by atoms with E-state index in [0.717, 1.165) is 24.6 Å². The van der Waals surface area contributed by atoms with Crippen molar-refractivity contribution < 1.29 is 33.8 Å². The fourth-order valence-electron chi connectivity index (χ4n) is 10.7. The molecule has 0 radical (unpaired) electrons. The van der Waals surface area contributed by atoms with Crippen molar-refractivity contribution in [1.82, 2.24) is 14.8 Å². The summed E-state index contributed by atoms with van der Waals surface area (Å²) in [7, 11) is 2.99. The number of hydrazine groups is 1. The first-order chi connectivity index (χ1) is 29.0. The average Bonchev–Trinajstić information content (AvgIpc) is 3.63. The Labute approximate surface area is 366 Å². The highest BCUT2D eigenvalue weighted by atomic mass is 79.9. The summed E-state index contributed by atoms with van der Waals surface area (Å²) in [5, 5.41) is 13.6. The number of nitrogens with one attached hydrogen (secondary N) is 1. The topological polar surface area (TPSA) is 129 Å². The maximum Gasteiger partial charge on any atom is 0.260 e. The molecule has 11 nitrogen and oxygen atoms in total. The van der Waals surface area contributed by atoms with E-state index in [9.17, 15) is 14.7 Å². The van der Waals surface area contributed by atoms with Crippen molar-refractivity contribution in [2.45, 2.75) is 49.6 Å². The number of imide groups is 2. The number of halogens is 3. The number of rotatable bonds is 9. The van der Waals surface area contributed by atoms with E-state index in [0.29, 0.717) is 44.8 Å². The number of benzene rings is 4. The maximum absolute atomic E-state index is 15.6. The maximum atomic E-state index is 15.6. The van der Waals surface area contributed by atoms with E-state index in [2.05, 4.69) is 38.4 Å². The molecule has 0 unspecified atom stereocenters. The molecule has 6 atom stereocenters. The highest BCUT2D eigenvalue weighted by molar-refractivity contribution is 9.10. The lowest BCUT2D eigenvalue weighted by Gasteiger charge is -2.50. The highest BCUT2D eigenvalue weighted by Gasteiger charge is 2.71. The van der Waals surface area contributed by atoms with Gasteiger partial charge in [-0.25, -0.2) is 0 Å². The molecule has 0 spiro atoms. The third-order valence-corrected chi connectivity index (χ3v) is 14.4. The van der Waals surface area contributed by atoms with E-state index in [1.165, 1.54) is 23.6 Å². The molecule has 60 heavy (non-hydrogen) atoms. The molecule has 1 saturated carbocycles.